The Morgan fingerprint density at radius 2 is 2.23 bits per heavy atom. The zero-order chi connectivity index (χ0) is 9.42. The van der Waals surface area contributed by atoms with E-state index < -0.39 is 0 Å². The van der Waals surface area contributed by atoms with Gasteiger partial charge in [-0.25, -0.2) is 0 Å². The van der Waals surface area contributed by atoms with Gasteiger partial charge in [-0.2, -0.15) is 0 Å². The van der Waals surface area contributed by atoms with E-state index >= 15 is 0 Å². The highest BCUT2D eigenvalue weighted by atomic mass is 79.9. The van der Waals surface area contributed by atoms with Gasteiger partial charge in [0, 0.05) is 21.4 Å². The maximum atomic E-state index is 5.87. The molecule has 0 amide bonds. The number of anilines is 1. The van der Waals surface area contributed by atoms with Gasteiger partial charge in [0.2, 0.25) is 0 Å². The first-order valence-corrected chi connectivity index (χ1v) is 5.94. The highest BCUT2D eigenvalue weighted by molar-refractivity contribution is 9.10. The molecule has 68 valence electrons. The second-order valence-electron chi connectivity index (χ2n) is 2.74. The van der Waals surface area contributed by atoms with Crippen LogP contribution in [0.3, 0.4) is 0 Å². The van der Waals surface area contributed by atoms with Gasteiger partial charge in [-0.1, -0.05) is 0 Å². The predicted octanol–water partition coefficient (Wildman–Crippen LogP) is 3.98. The van der Waals surface area contributed by atoms with Gasteiger partial charge in [-0.3, -0.25) is 0 Å². The van der Waals surface area contributed by atoms with Gasteiger partial charge in [-0.05, 0) is 39.0 Å². The molecule has 1 nitrogen and oxygen atoms in total. The third kappa shape index (κ3) is 1.45. The zero-order valence-electron chi connectivity index (χ0n) is 6.68. The monoisotopic (exact) mass is 275 g/mol. The average molecular weight is 277 g/mol. The van der Waals surface area contributed by atoms with Crippen molar-refractivity contribution in [2.45, 2.75) is 5.88 Å². The molecule has 0 aliphatic heterocycles. The molecule has 0 saturated carbocycles. The zero-order valence-corrected chi connectivity index (χ0v) is 9.84. The Morgan fingerprint density at radius 3 is 2.92 bits per heavy atom. The summed E-state index contributed by atoms with van der Waals surface area (Å²) in [5.74, 6) is 0.515. The number of fused-ring (bicyclic) bond motifs is 1. The number of hydrogen-bond acceptors (Lipinski definition) is 2. The molecule has 13 heavy (non-hydrogen) atoms. The maximum Gasteiger partial charge on any atom is 0.0508 e. The first-order chi connectivity index (χ1) is 6.24. The van der Waals surface area contributed by atoms with E-state index in [9.17, 15) is 0 Å². The fourth-order valence-corrected chi connectivity index (χ4v) is 3.23. The molecule has 0 atom stereocenters. The third-order valence-electron chi connectivity index (χ3n) is 1.93. The molecular weight excluding hydrogens is 270 g/mol. The van der Waals surface area contributed by atoms with Gasteiger partial charge < -0.3 is 5.73 Å². The highest BCUT2D eigenvalue weighted by Crippen LogP contribution is 2.36. The van der Waals surface area contributed by atoms with Crippen LogP contribution in [0.15, 0.2) is 22.0 Å². The molecule has 0 unspecified atom stereocenters. The SMILES string of the molecule is Nc1ccc(Br)c2scc(CCl)c12. The summed E-state index contributed by atoms with van der Waals surface area (Å²) >= 11 is 11.0. The third-order valence-corrected chi connectivity index (χ3v) is 4.20. The summed E-state index contributed by atoms with van der Waals surface area (Å²) in [4.78, 5) is 0. The van der Waals surface area contributed by atoms with Crippen molar-refractivity contribution in [3.05, 3.63) is 27.5 Å². The first-order valence-electron chi connectivity index (χ1n) is 3.74. The summed E-state index contributed by atoms with van der Waals surface area (Å²) in [5.41, 5.74) is 7.79. The minimum Gasteiger partial charge on any atom is -0.398 e. The van der Waals surface area contributed by atoms with Crippen molar-refractivity contribution < 1.29 is 0 Å². The second-order valence-corrected chi connectivity index (χ2v) is 4.74. The van der Waals surface area contributed by atoms with E-state index in [1.165, 1.54) is 4.70 Å². The number of halogens is 2. The van der Waals surface area contributed by atoms with Crippen molar-refractivity contribution in [2.75, 3.05) is 5.73 Å². The summed E-state index contributed by atoms with van der Waals surface area (Å²) in [5, 5.41) is 3.15. The lowest BCUT2D eigenvalue weighted by molar-refractivity contribution is 1.50. The van der Waals surface area contributed by atoms with Gasteiger partial charge in [0.15, 0.2) is 0 Å². The van der Waals surface area contributed by atoms with Gasteiger partial charge in [0.25, 0.3) is 0 Å². The van der Waals surface area contributed by atoms with Crippen LogP contribution in [0.2, 0.25) is 0 Å². The Morgan fingerprint density at radius 1 is 1.46 bits per heavy atom. The van der Waals surface area contributed by atoms with Crippen molar-refractivity contribution in [3.8, 4) is 0 Å². The molecule has 4 heteroatoms. The van der Waals surface area contributed by atoms with Crippen LogP contribution < -0.4 is 5.73 Å². The van der Waals surface area contributed by atoms with E-state index in [1.54, 1.807) is 11.3 Å². The Labute approximate surface area is 93.6 Å². The standard InChI is InChI=1S/C9H7BrClNS/c10-6-1-2-7(12)8-5(3-11)4-13-9(6)8/h1-2,4H,3,12H2. The molecule has 0 aliphatic carbocycles. The average Bonchev–Trinajstić information content (AvgIpc) is 2.56. The van der Waals surface area contributed by atoms with Crippen LogP contribution in [0.25, 0.3) is 10.1 Å². The lowest BCUT2D eigenvalue weighted by Crippen LogP contribution is -1.86. The minimum atomic E-state index is 0.515. The smallest absolute Gasteiger partial charge is 0.0508 e. The molecule has 1 aromatic heterocycles. The molecule has 2 rings (SSSR count). The number of nitrogens with two attached hydrogens (primary N) is 1. The molecule has 0 fully saturated rings. The number of alkyl halides is 1. The van der Waals surface area contributed by atoms with Crippen LogP contribution in [-0.4, -0.2) is 0 Å². The minimum absolute atomic E-state index is 0.515. The Hall–Kier alpha value is -0.250. The van der Waals surface area contributed by atoms with Crippen LogP contribution >= 0.6 is 38.9 Å². The van der Waals surface area contributed by atoms with E-state index in [-0.39, 0.29) is 0 Å². The summed E-state index contributed by atoms with van der Waals surface area (Å²) in [6, 6.07) is 3.86. The first kappa shape index (κ1) is 9.31. The Kier molecular flexibility index (Phi) is 2.49. The molecule has 0 aliphatic rings. The topological polar surface area (TPSA) is 26.0 Å². The van der Waals surface area contributed by atoms with Crippen LogP contribution in [-0.2, 0) is 5.88 Å². The van der Waals surface area contributed by atoms with Gasteiger partial charge in [-0.15, -0.1) is 22.9 Å². The fraction of sp³-hybridized carbons (Fsp3) is 0.111. The molecular formula is C9H7BrClNS. The summed E-state index contributed by atoms with van der Waals surface area (Å²) in [7, 11) is 0. The van der Waals surface area contributed by atoms with E-state index in [0.29, 0.717) is 5.88 Å². The number of benzene rings is 1. The summed E-state index contributed by atoms with van der Waals surface area (Å²) in [6.07, 6.45) is 0. The second kappa shape index (κ2) is 3.48. The largest absolute Gasteiger partial charge is 0.398 e. The van der Waals surface area contributed by atoms with Crippen LogP contribution in [0.1, 0.15) is 5.56 Å². The lowest BCUT2D eigenvalue weighted by Gasteiger charge is -2.00. The van der Waals surface area contributed by atoms with E-state index in [2.05, 4.69) is 21.3 Å². The lowest BCUT2D eigenvalue weighted by atomic mass is 10.1. The number of nitrogen functional groups attached to an aromatic ring is 1. The van der Waals surface area contributed by atoms with E-state index in [1.807, 2.05) is 12.1 Å². The highest BCUT2D eigenvalue weighted by Gasteiger charge is 2.08. The molecule has 0 saturated heterocycles. The fourth-order valence-electron chi connectivity index (χ4n) is 1.31. The normalized spacial score (nSPS) is 10.9. The molecule has 1 heterocycles. The van der Waals surface area contributed by atoms with E-state index in [4.69, 9.17) is 17.3 Å². The number of hydrogen-bond donors (Lipinski definition) is 1. The van der Waals surface area contributed by atoms with E-state index in [0.717, 1.165) is 21.1 Å². The van der Waals surface area contributed by atoms with Crippen molar-refractivity contribution in [1.82, 2.24) is 0 Å². The van der Waals surface area contributed by atoms with Gasteiger partial charge >= 0.3 is 0 Å². The van der Waals surface area contributed by atoms with Crippen molar-refractivity contribution in [1.29, 1.82) is 0 Å². The number of rotatable bonds is 1. The number of thiophene rings is 1. The van der Waals surface area contributed by atoms with Gasteiger partial charge in [0.1, 0.15) is 0 Å². The Balaban J connectivity index is 2.87. The van der Waals surface area contributed by atoms with Crippen molar-refractivity contribution in [2.24, 2.45) is 0 Å². The van der Waals surface area contributed by atoms with Crippen molar-refractivity contribution >= 4 is 54.6 Å². The Bertz CT molecular complexity index is 452. The molecule has 0 radical (unpaired) electrons. The maximum absolute atomic E-state index is 5.87. The van der Waals surface area contributed by atoms with Crippen LogP contribution in [0.5, 0.6) is 0 Å². The van der Waals surface area contributed by atoms with Crippen LogP contribution in [0, 0.1) is 0 Å². The molecule has 2 N–H and O–H groups in total. The molecule has 0 spiro atoms. The molecule has 1 aromatic carbocycles. The summed E-state index contributed by atoms with van der Waals surface area (Å²) < 4.78 is 2.26. The predicted molar refractivity (Wildman–Crippen MR) is 63.5 cm³/mol. The van der Waals surface area contributed by atoms with Crippen molar-refractivity contribution in [3.63, 3.8) is 0 Å². The quantitative estimate of drug-likeness (QED) is 0.619. The van der Waals surface area contributed by atoms with Crippen LogP contribution in [0.4, 0.5) is 5.69 Å². The summed E-state index contributed by atoms with van der Waals surface area (Å²) in [6.45, 7) is 0. The molecule has 2 aromatic rings. The van der Waals surface area contributed by atoms with Gasteiger partial charge in [0.05, 0.1) is 4.70 Å². The molecule has 0 bridgehead atoms.